The zero-order chi connectivity index (χ0) is 12.1. The topological polar surface area (TPSA) is 66.4 Å². The molecule has 1 aromatic rings. The number of hydrogen-bond donors (Lipinski definition) is 2. The van der Waals surface area contributed by atoms with Crippen LogP contribution in [-0.2, 0) is 9.59 Å². The minimum Gasteiger partial charge on any atom is -0.481 e. The highest BCUT2D eigenvalue weighted by Gasteiger charge is 2.28. The second kappa shape index (κ2) is 5.25. The van der Waals surface area contributed by atoms with Gasteiger partial charge in [-0.2, -0.15) is 0 Å². The van der Waals surface area contributed by atoms with E-state index < -0.39 is 5.97 Å². The first-order valence-corrected chi connectivity index (χ1v) is 4.74. The Labute approximate surface area is 92.1 Å². The summed E-state index contributed by atoms with van der Waals surface area (Å²) in [5, 5.41) is 10.0. The molecule has 0 bridgehead atoms. The van der Waals surface area contributed by atoms with Crippen molar-refractivity contribution in [1.82, 2.24) is 5.32 Å². The minimum atomic E-state index is -0.833. The van der Waals surface area contributed by atoms with E-state index in [1.807, 2.05) is 0 Å². The van der Waals surface area contributed by atoms with Crippen LogP contribution in [0.25, 0.3) is 0 Å². The zero-order valence-electron chi connectivity index (χ0n) is 8.74. The number of nitrogens with one attached hydrogen (secondary N) is 1. The van der Waals surface area contributed by atoms with Gasteiger partial charge >= 0.3 is 0 Å². The Kier molecular flexibility index (Phi) is 3.99. The molecule has 1 fully saturated rings. The average molecular weight is 225 g/mol. The lowest BCUT2D eigenvalue weighted by atomic mass is 9.97. The van der Waals surface area contributed by atoms with Gasteiger partial charge in [0.1, 0.15) is 5.82 Å². The van der Waals surface area contributed by atoms with Gasteiger partial charge in [0.05, 0.1) is 12.5 Å². The van der Waals surface area contributed by atoms with Crippen LogP contribution in [0.15, 0.2) is 24.3 Å². The van der Waals surface area contributed by atoms with E-state index in [0.29, 0.717) is 12.0 Å². The number of aliphatic carboxylic acids is 1. The highest BCUT2D eigenvalue weighted by molar-refractivity contribution is 5.83. The number of carboxylic acid groups (broad SMARTS) is 1. The first kappa shape index (κ1) is 12.2. The molecule has 1 aliphatic rings. The van der Waals surface area contributed by atoms with Crippen molar-refractivity contribution in [2.45, 2.75) is 19.4 Å². The van der Waals surface area contributed by atoms with E-state index in [4.69, 9.17) is 9.90 Å². The molecule has 4 nitrogen and oxygen atoms in total. The molecule has 0 saturated carbocycles. The Morgan fingerprint density at radius 1 is 1.50 bits per heavy atom. The number of carbonyl (C=O) groups is 2. The van der Waals surface area contributed by atoms with Crippen LogP contribution in [0.2, 0.25) is 0 Å². The van der Waals surface area contributed by atoms with Crippen molar-refractivity contribution >= 4 is 11.9 Å². The van der Waals surface area contributed by atoms with Crippen LogP contribution in [0.1, 0.15) is 24.9 Å². The summed E-state index contributed by atoms with van der Waals surface area (Å²) in [6, 6.07) is 6.39. The molecule has 2 N–H and O–H groups in total. The lowest BCUT2D eigenvalue weighted by Gasteiger charge is -2.27. The van der Waals surface area contributed by atoms with Crippen molar-refractivity contribution in [3.63, 3.8) is 0 Å². The Morgan fingerprint density at radius 2 is 2.00 bits per heavy atom. The molecular formula is C11H12FNO3. The van der Waals surface area contributed by atoms with Gasteiger partial charge in [-0.25, -0.2) is 4.39 Å². The Bertz CT molecular complexity index is 394. The minimum absolute atomic E-state index is 0.0109. The fourth-order valence-corrected chi connectivity index (χ4v) is 1.30. The summed E-state index contributed by atoms with van der Waals surface area (Å²) in [5.74, 6) is -1.09. The molecule has 0 unspecified atom stereocenters. The van der Waals surface area contributed by atoms with Crippen molar-refractivity contribution in [3.8, 4) is 0 Å². The molecule has 1 saturated heterocycles. The molecular weight excluding hydrogens is 213 g/mol. The number of carboxylic acids is 1. The van der Waals surface area contributed by atoms with E-state index in [2.05, 4.69) is 5.32 Å². The second-order valence-corrected chi connectivity index (χ2v) is 3.36. The first-order valence-electron chi connectivity index (χ1n) is 4.74. The third-order valence-electron chi connectivity index (χ3n) is 2.01. The quantitative estimate of drug-likeness (QED) is 0.711. The zero-order valence-corrected chi connectivity index (χ0v) is 8.74. The fraction of sp³-hybridized carbons (Fsp3) is 0.273. The predicted molar refractivity (Wildman–Crippen MR) is 55.2 cm³/mol. The summed E-state index contributed by atoms with van der Waals surface area (Å²) in [6.07, 6.45) is 0.404. The van der Waals surface area contributed by atoms with Gasteiger partial charge in [-0.3, -0.25) is 9.59 Å². The fourth-order valence-electron chi connectivity index (χ4n) is 1.30. The third kappa shape index (κ3) is 3.34. The maximum absolute atomic E-state index is 13.0. The molecule has 0 spiro atoms. The van der Waals surface area contributed by atoms with E-state index in [1.165, 1.54) is 6.07 Å². The molecule has 86 valence electrons. The largest absolute Gasteiger partial charge is 0.481 e. The monoisotopic (exact) mass is 225 g/mol. The lowest BCUT2D eigenvalue weighted by molar-refractivity contribution is -0.134. The van der Waals surface area contributed by atoms with Crippen LogP contribution in [0, 0.1) is 5.82 Å². The molecule has 1 aliphatic heterocycles. The standard InChI is InChI=1S/C9H8FNO.C2H4O2/c10-7-4-2-1-3-6(7)8-5-9(12)11-8;1-2(3)4/h1-4,8H,5H2,(H,11,12);1H3,(H,3,4)/t8-;/m1./s1. The number of β-lactam (4-membered cyclic amide) rings is 1. The number of rotatable bonds is 1. The summed E-state index contributed by atoms with van der Waals surface area (Å²) < 4.78 is 13.0. The molecule has 16 heavy (non-hydrogen) atoms. The van der Waals surface area contributed by atoms with Crippen LogP contribution in [0.3, 0.4) is 0 Å². The maximum Gasteiger partial charge on any atom is 0.300 e. The van der Waals surface area contributed by atoms with Crippen molar-refractivity contribution in [2.75, 3.05) is 0 Å². The molecule has 1 amide bonds. The summed E-state index contributed by atoms with van der Waals surface area (Å²) >= 11 is 0. The number of amides is 1. The number of carbonyl (C=O) groups excluding carboxylic acids is 1. The lowest BCUT2D eigenvalue weighted by Crippen LogP contribution is -2.41. The molecule has 2 rings (SSSR count). The molecule has 0 aliphatic carbocycles. The second-order valence-electron chi connectivity index (χ2n) is 3.36. The SMILES string of the molecule is CC(=O)O.O=C1C[C@H](c2ccccc2F)N1. The third-order valence-corrected chi connectivity index (χ3v) is 2.01. The van der Waals surface area contributed by atoms with Crippen molar-refractivity contribution in [2.24, 2.45) is 0 Å². The van der Waals surface area contributed by atoms with Gasteiger partial charge in [-0.05, 0) is 6.07 Å². The van der Waals surface area contributed by atoms with E-state index in [-0.39, 0.29) is 17.8 Å². The molecule has 5 heteroatoms. The Balaban J connectivity index is 0.000000280. The van der Waals surface area contributed by atoms with E-state index in [9.17, 15) is 9.18 Å². The molecule has 0 radical (unpaired) electrons. The van der Waals surface area contributed by atoms with Crippen LogP contribution in [0.4, 0.5) is 4.39 Å². The van der Waals surface area contributed by atoms with Crippen LogP contribution in [-0.4, -0.2) is 17.0 Å². The van der Waals surface area contributed by atoms with E-state index in [1.54, 1.807) is 18.2 Å². The van der Waals surface area contributed by atoms with Gasteiger partial charge in [-0.1, -0.05) is 18.2 Å². The van der Waals surface area contributed by atoms with E-state index in [0.717, 1.165) is 6.92 Å². The maximum atomic E-state index is 13.0. The summed E-state index contributed by atoms with van der Waals surface area (Å²) in [7, 11) is 0. The number of halogens is 1. The van der Waals surface area contributed by atoms with Crippen LogP contribution in [0.5, 0.6) is 0 Å². The van der Waals surface area contributed by atoms with Gasteiger partial charge in [0, 0.05) is 12.5 Å². The number of benzene rings is 1. The summed E-state index contributed by atoms with van der Waals surface area (Å²) in [4.78, 5) is 19.6. The van der Waals surface area contributed by atoms with Crippen LogP contribution < -0.4 is 5.32 Å². The van der Waals surface area contributed by atoms with Gasteiger partial charge in [0.15, 0.2) is 0 Å². The van der Waals surface area contributed by atoms with Crippen molar-refractivity contribution in [1.29, 1.82) is 0 Å². The van der Waals surface area contributed by atoms with Gasteiger partial charge in [-0.15, -0.1) is 0 Å². The molecule has 0 aromatic heterocycles. The summed E-state index contributed by atoms with van der Waals surface area (Å²) in [6.45, 7) is 1.08. The highest BCUT2D eigenvalue weighted by atomic mass is 19.1. The molecule has 1 aromatic carbocycles. The highest BCUT2D eigenvalue weighted by Crippen LogP contribution is 2.25. The predicted octanol–water partition coefficient (Wildman–Crippen LogP) is 1.48. The van der Waals surface area contributed by atoms with Gasteiger partial charge in [0.2, 0.25) is 5.91 Å². The Hall–Kier alpha value is -1.91. The number of hydrogen-bond acceptors (Lipinski definition) is 2. The van der Waals surface area contributed by atoms with E-state index >= 15 is 0 Å². The van der Waals surface area contributed by atoms with Gasteiger partial charge < -0.3 is 10.4 Å². The molecule has 1 heterocycles. The van der Waals surface area contributed by atoms with Crippen molar-refractivity contribution < 1.29 is 19.1 Å². The summed E-state index contributed by atoms with van der Waals surface area (Å²) in [5.41, 5.74) is 0.581. The van der Waals surface area contributed by atoms with Crippen molar-refractivity contribution in [3.05, 3.63) is 35.6 Å². The van der Waals surface area contributed by atoms with Gasteiger partial charge in [0.25, 0.3) is 5.97 Å². The smallest absolute Gasteiger partial charge is 0.300 e. The normalized spacial score (nSPS) is 17.6. The average Bonchev–Trinajstić information content (AvgIpc) is 2.13. The van der Waals surface area contributed by atoms with Crippen LogP contribution >= 0.6 is 0 Å². The first-order chi connectivity index (χ1) is 7.50. The Morgan fingerprint density at radius 3 is 2.44 bits per heavy atom. The molecule has 1 atom stereocenters.